The normalized spacial score (nSPS) is 11.5. The summed E-state index contributed by atoms with van der Waals surface area (Å²) in [5.41, 5.74) is 0.265. The minimum Gasteiger partial charge on any atom is -0.405 e. The molecule has 1 heterocycles. The van der Waals surface area contributed by atoms with Crippen molar-refractivity contribution in [3.05, 3.63) is 34.8 Å². The number of halogens is 4. The minimum absolute atomic E-state index is 0.242. The molecule has 0 N–H and O–H groups in total. The molecular weight excluding hydrogens is 275 g/mol. The van der Waals surface area contributed by atoms with Gasteiger partial charge in [-0.2, -0.15) is 0 Å². The van der Waals surface area contributed by atoms with Crippen LogP contribution in [0.15, 0.2) is 29.6 Å². The van der Waals surface area contributed by atoms with Crippen LogP contribution in [0.2, 0.25) is 5.15 Å². The summed E-state index contributed by atoms with van der Waals surface area (Å²) in [7, 11) is 0. The van der Waals surface area contributed by atoms with Crippen LogP contribution in [0.3, 0.4) is 0 Å². The summed E-state index contributed by atoms with van der Waals surface area (Å²) >= 11 is 6.78. The van der Waals surface area contributed by atoms with Crippen molar-refractivity contribution < 1.29 is 17.9 Å². The second-order valence-electron chi connectivity index (χ2n) is 3.02. The minimum atomic E-state index is -4.73. The lowest BCUT2D eigenvalue weighted by Crippen LogP contribution is -2.17. The quantitative estimate of drug-likeness (QED) is 0.815. The number of aromatic nitrogens is 1. The van der Waals surface area contributed by atoms with Crippen molar-refractivity contribution in [2.24, 2.45) is 0 Å². The molecule has 1 aromatic heterocycles. The third-order valence-electron chi connectivity index (χ3n) is 1.82. The van der Waals surface area contributed by atoms with E-state index in [0.717, 1.165) is 11.3 Å². The van der Waals surface area contributed by atoms with E-state index < -0.39 is 6.36 Å². The van der Waals surface area contributed by atoms with Gasteiger partial charge >= 0.3 is 6.36 Å². The first-order chi connectivity index (χ1) is 7.96. The van der Waals surface area contributed by atoms with Crippen molar-refractivity contribution in [2.75, 3.05) is 0 Å². The van der Waals surface area contributed by atoms with Crippen molar-refractivity contribution in [3.8, 4) is 16.3 Å². The highest BCUT2D eigenvalue weighted by atomic mass is 35.5. The fraction of sp³-hybridized carbons (Fsp3) is 0.100. The molecule has 7 heteroatoms. The van der Waals surface area contributed by atoms with Gasteiger partial charge < -0.3 is 4.74 Å². The highest BCUT2D eigenvalue weighted by Gasteiger charge is 2.32. The number of benzene rings is 1. The van der Waals surface area contributed by atoms with Gasteiger partial charge in [-0.15, -0.1) is 24.5 Å². The molecule has 2 nitrogen and oxygen atoms in total. The molecule has 0 aliphatic rings. The van der Waals surface area contributed by atoms with Crippen LogP contribution < -0.4 is 4.74 Å². The maximum atomic E-state index is 12.2. The van der Waals surface area contributed by atoms with E-state index >= 15 is 0 Å². The lowest BCUT2D eigenvalue weighted by molar-refractivity contribution is -0.274. The van der Waals surface area contributed by atoms with Crippen molar-refractivity contribution in [3.63, 3.8) is 0 Å². The van der Waals surface area contributed by atoms with Gasteiger partial charge in [0, 0.05) is 5.38 Å². The molecule has 0 bridgehead atoms. The Labute approximate surface area is 104 Å². The molecule has 0 spiro atoms. The molecule has 0 radical (unpaired) electrons. The molecule has 90 valence electrons. The van der Waals surface area contributed by atoms with E-state index in [1.807, 2.05) is 0 Å². The fourth-order valence-electron chi connectivity index (χ4n) is 1.23. The van der Waals surface area contributed by atoms with Crippen LogP contribution in [-0.4, -0.2) is 11.3 Å². The van der Waals surface area contributed by atoms with Gasteiger partial charge in [-0.3, -0.25) is 0 Å². The maximum absolute atomic E-state index is 12.2. The number of thiazole rings is 1. The van der Waals surface area contributed by atoms with Crippen LogP contribution >= 0.6 is 22.9 Å². The molecular formula is C10H5ClF3NOS. The fourth-order valence-corrected chi connectivity index (χ4v) is 2.21. The summed E-state index contributed by atoms with van der Waals surface area (Å²) in [4.78, 5) is 3.91. The highest BCUT2D eigenvalue weighted by Crippen LogP contribution is 2.35. The summed E-state index contributed by atoms with van der Waals surface area (Å²) in [5, 5.41) is 2.17. The van der Waals surface area contributed by atoms with Crippen LogP contribution in [0.4, 0.5) is 13.2 Å². The smallest absolute Gasteiger partial charge is 0.405 e. The largest absolute Gasteiger partial charge is 0.573 e. The van der Waals surface area contributed by atoms with Crippen LogP contribution in [0.5, 0.6) is 5.75 Å². The molecule has 0 saturated heterocycles. The summed E-state index contributed by atoms with van der Waals surface area (Å²) in [6.07, 6.45) is -4.73. The Kier molecular flexibility index (Phi) is 3.26. The Hall–Kier alpha value is -1.27. The van der Waals surface area contributed by atoms with E-state index in [2.05, 4.69) is 9.72 Å². The molecule has 0 atom stereocenters. The average molecular weight is 280 g/mol. The summed E-state index contributed by atoms with van der Waals surface area (Å²) in [5.74, 6) is -0.286. The highest BCUT2D eigenvalue weighted by molar-refractivity contribution is 7.13. The molecule has 0 unspecified atom stereocenters. The van der Waals surface area contributed by atoms with Crippen molar-refractivity contribution in [2.45, 2.75) is 6.36 Å². The van der Waals surface area contributed by atoms with Gasteiger partial charge in [0.05, 0.1) is 5.56 Å². The van der Waals surface area contributed by atoms with Gasteiger partial charge in [0.1, 0.15) is 15.9 Å². The van der Waals surface area contributed by atoms with Gasteiger partial charge in [-0.05, 0) is 12.1 Å². The molecule has 1 aromatic carbocycles. The van der Waals surface area contributed by atoms with Gasteiger partial charge in [0.2, 0.25) is 0 Å². The molecule has 0 fully saturated rings. The number of alkyl halides is 3. The molecule has 2 rings (SSSR count). The average Bonchev–Trinajstić information content (AvgIpc) is 2.63. The van der Waals surface area contributed by atoms with Gasteiger partial charge in [-0.25, -0.2) is 4.98 Å². The van der Waals surface area contributed by atoms with Crippen molar-refractivity contribution >= 4 is 22.9 Å². The standard InChI is InChI=1S/C10H5ClF3NOS/c11-8-5-17-9(15-8)6-3-1-2-4-7(6)16-10(12,13)14/h1-5H. The molecule has 0 saturated carbocycles. The molecule has 17 heavy (non-hydrogen) atoms. The molecule has 0 aliphatic carbocycles. The number of hydrogen-bond donors (Lipinski definition) is 0. The first kappa shape index (κ1) is 12.2. The van der Waals surface area contributed by atoms with Crippen LogP contribution in [-0.2, 0) is 0 Å². The van der Waals surface area contributed by atoms with Crippen LogP contribution in [0.25, 0.3) is 10.6 Å². The lowest BCUT2D eigenvalue weighted by Gasteiger charge is -2.11. The zero-order chi connectivity index (χ0) is 12.5. The first-order valence-electron chi connectivity index (χ1n) is 4.42. The summed E-state index contributed by atoms with van der Waals surface area (Å²) in [6, 6.07) is 5.79. The van der Waals surface area contributed by atoms with E-state index in [1.165, 1.54) is 18.2 Å². The SMILES string of the molecule is FC(F)(F)Oc1ccccc1-c1nc(Cl)cs1. The van der Waals surface area contributed by atoms with Gasteiger partial charge in [0.25, 0.3) is 0 Å². The number of hydrogen-bond acceptors (Lipinski definition) is 3. The Morgan fingerprint density at radius 2 is 1.94 bits per heavy atom. The first-order valence-corrected chi connectivity index (χ1v) is 5.67. The number of ether oxygens (including phenoxy) is 1. The predicted molar refractivity (Wildman–Crippen MR) is 59.2 cm³/mol. The lowest BCUT2D eigenvalue weighted by atomic mass is 10.2. The summed E-state index contributed by atoms with van der Waals surface area (Å²) in [6.45, 7) is 0. The van der Waals surface area contributed by atoms with Crippen molar-refractivity contribution in [1.29, 1.82) is 0 Å². The second-order valence-corrected chi connectivity index (χ2v) is 4.26. The maximum Gasteiger partial charge on any atom is 0.573 e. The molecule has 2 aromatic rings. The summed E-state index contributed by atoms with van der Waals surface area (Å²) < 4.78 is 40.5. The molecule has 0 aliphatic heterocycles. The number of para-hydroxylation sites is 1. The Balaban J connectivity index is 2.41. The van der Waals surface area contributed by atoms with E-state index in [0.29, 0.717) is 5.01 Å². The van der Waals surface area contributed by atoms with E-state index in [9.17, 15) is 13.2 Å². The topological polar surface area (TPSA) is 22.1 Å². The number of nitrogens with zero attached hydrogens (tertiary/aromatic N) is 1. The Morgan fingerprint density at radius 1 is 1.24 bits per heavy atom. The van der Waals surface area contributed by atoms with E-state index in [4.69, 9.17) is 11.6 Å². The van der Waals surface area contributed by atoms with Crippen LogP contribution in [0, 0.1) is 0 Å². The predicted octanol–water partition coefficient (Wildman–Crippen LogP) is 4.36. The number of rotatable bonds is 2. The van der Waals surface area contributed by atoms with Crippen LogP contribution in [0.1, 0.15) is 0 Å². The molecule has 0 amide bonds. The third-order valence-corrected chi connectivity index (χ3v) is 3.02. The van der Waals surface area contributed by atoms with Crippen molar-refractivity contribution in [1.82, 2.24) is 4.98 Å². The van der Waals surface area contributed by atoms with E-state index in [-0.39, 0.29) is 16.5 Å². The van der Waals surface area contributed by atoms with Gasteiger partial charge in [0.15, 0.2) is 0 Å². The zero-order valence-electron chi connectivity index (χ0n) is 8.16. The Morgan fingerprint density at radius 3 is 2.53 bits per heavy atom. The second kappa shape index (κ2) is 4.54. The zero-order valence-corrected chi connectivity index (χ0v) is 9.73. The van der Waals surface area contributed by atoms with Gasteiger partial charge in [-0.1, -0.05) is 23.7 Å². The Bertz CT molecular complexity index is 526. The third kappa shape index (κ3) is 3.10. The monoisotopic (exact) mass is 279 g/mol. The van der Waals surface area contributed by atoms with E-state index in [1.54, 1.807) is 11.4 Å².